The van der Waals surface area contributed by atoms with E-state index in [-0.39, 0.29) is 0 Å². The van der Waals surface area contributed by atoms with Crippen molar-refractivity contribution in [1.29, 1.82) is 0 Å². The van der Waals surface area contributed by atoms with E-state index in [0.29, 0.717) is 0 Å². The third-order valence-electron chi connectivity index (χ3n) is 4.19. The normalized spacial score (nSPS) is 25.7. The Kier molecular flexibility index (Phi) is 3.02. The molecule has 2 aliphatic heterocycles. The first-order chi connectivity index (χ1) is 8.34. The lowest BCUT2D eigenvalue weighted by atomic mass is 9.99. The van der Waals surface area contributed by atoms with Crippen LogP contribution in [0, 0.1) is 6.92 Å². The van der Waals surface area contributed by atoms with Crippen molar-refractivity contribution in [1.82, 2.24) is 9.88 Å². The highest BCUT2D eigenvalue weighted by atomic mass is 15.3. The molecule has 0 aliphatic carbocycles. The molecular weight excluding hydrogens is 210 g/mol. The van der Waals surface area contributed by atoms with E-state index in [1.54, 1.807) is 0 Å². The molecule has 3 heteroatoms. The van der Waals surface area contributed by atoms with E-state index in [9.17, 15) is 0 Å². The molecule has 3 rings (SSSR count). The van der Waals surface area contributed by atoms with E-state index in [1.807, 2.05) is 12.4 Å². The molecule has 3 heterocycles. The van der Waals surface area contributed by atoms with Gasteiger partial charge in [-0.25, -0.2) is 0 Å². The zero-order valence-electron chi connectivity index (χ0n) is 10.6. The monoisotopic (exact) mass is 231 g/mol. The largest absolute Gasteiger partial charge is 0.367 e. The number of nitrogens with zero attached hydrogens (tertiary/aromatic N) is 3. The topological polar surface area (TPSA) is 19.4 Å². The van der Waals surface area contributed by atoms with Crippen LogP contribution in [0.2, 0.25) is 0 Å². The Labute approximate surface area is 103 Å². The van der Waals surface area contributed by atoms with E-state index < -0.39 is 0 Å². The summed E-state index contributed by atoms with van der Waals surface area (Å²) in [5.74, 6) is 0. The molecule has 3 nitrogen and oxygen atoms in total. The first kappa shape index (κ1) is 11.0. The summed E-state index contributed by atoms with van der Waals surface area (Å²) in [6.07, 6.45) is 8.07. The van der Waals surface area contributed by atoms with Gasteiger partial charge in [-0.2, -0.15) is 0 Å². The number of rotatable bonds is 1. The molecule has 2 fully saturated rings. The highest BCUT2D eigenvalue weighted by molar-refractivity contribution is 5.51. The van der Waals surface area contributed by atoms with Crippen molar-refractivity contribution in [2.75, 3.05) is 31.1 Å². The number of aryl methyl sites for hydroxylation is 1. The fourth-order valence-electron chi connectivity index (χ4n) is 3.16. The minimum Gasteiger partial charge on any atom is -0.367 e. The van der Waals surface area contributed by atoms with E-state index in [1.165, 1.54) is 50.1 Å². The molecular formula is C14H21N3. The zero-order valence-corrected chi connectivity index (χ0v) is 10.6. The van der Waals surface area contributed by atoms with Crippen LogP contribution >= 0.6 is 0 Å². The van der Waals surface area contributed by atoms with E-state index in [4.69, 9.17) is 0 Å². The average Bonchev–Trinajstić information content (AvgIpc) is 2.39. The van der Waals surface area contributed by atoms with Crippen molar-refractivity contribution in [2.45, 2.75) is 32.2 Å². The predicted octanol–water partition coefficient (Wildman–Crippen LogP) is 2.06. The summed E-state index contributed by atoms with van der Waals surface area (Å²) in [5, 5.41) is 0. The Morgan fingerprint density at radius 1 is 1.24 bits per heavy atom. The fourth-order valence-corrected chi connectivity index (χ4v) is 3.16. The van der Waals surface area contributed by atoms with Gasteiger partial charge in [-0.05, 0) is 37.9 Å². The maximum atomic E-state index is 4.27. The molecule has 0 spiro atoms. The first-order valence-electron chi connectivity index (χ1n) is 6.74. The Morgan fingerprint density at radius 2 is 2.18 bits per heavy atom. The van der Waals surface area contributed by atoms with Gasteiger partial charge in [0.1, 0.15) is 0 Å². The van der Waals surface area contributed by atoms with Crippen LogP contribution in [0.15, 0.2) is 18.5 Å². The number of hydrogen-bond acceptors (Lipinski definition) is 3. The quantitative estimate of drug-likeness (QED) is 0.737. The van der Waals surface area contributed by atoms with Crippen molar-refractivity contribution < 1.29 is 0 Å². The summed E-state index contributed by atoms with van der Waals surface area (Å²) in [6, 6.07) is 2.89. The van der Waals surface area contributed by atoms with Crippen LogP contribution in [0.1, 0.15) is 24.8 Å². The SMILES string of the molecule is Cc1ccncc1N1CCN2CCCCC2C1. The average molecular weight is 231 g/mol. The third-order valence-corrected chi connectivity index (χ3v) is 4.19. The fraction of sp³-hybridized carbons (Fsp3) is 0.643. The molecule has 1 unspecified atom stereocenters. The second kappa shape index (κ2) is 4.65. The molecule has 0 saturated carbocycles. The van der Waals surface area contributed by atoms with Crippen LogP contribution in [0.3, 0.4) is 0 Å². The van der Waals surface area contributed by atoms with Gasteiger partial charge in [0.15, 0.2) is 0 Å². The molecule has 1 aromatic rings. The van der Waals surface area contributed by atoms with Crippen molar-refractivity contribution in [2.24, 2.45) is 0 Å². The molecule has 0 bridgehead atoms. The number of piperidine rings is 1. The Balaban J connectivity index is 1.76. The summed E-state index contributed by atoms with van der Waals surface area (Å²) in [7, 11) is 0. The van der Waals surface area contributed by atoms with E-state index in [0.717, 1.165) is 12.6 Å². The highest BCUT2D eigenvalue weighted by Gasteiger charge is 2.29. The van der Waals surface area contributed by atoms with Crippen molar-refractivity contribution in [3.8, 4) is 0 Å². The van der Waals surface area contributed by atoms with Gasteiger partial charge in [-0.15, -0.1) is 0 Å². The molecule has 0 amide bonds. The lowest BCUT2D eigenvalue weighted by molar-refractivity contribution is 0.133. The molecule has 2 saturated heterocycles. The second-order valence-electron chi connectivity index (χ2n) is 5.29. The lowest BCUT2D eigenvalue weighted by Gasteiger charge is -2.45. The number of piperazine rings is 1. The van der Waals surface area contributed by atoms with E-state index >= 15 is 0 Å². The van der Waals surface area contributed by atoms with Crippen LogP contribution in [-0.4, -0.2) is 42.1 Å². The first-order valence-corrected chi connectivity index (χ1v) is 6.74. The minimum absolute atomic E-state index is 0.775. The van der Waals surface area contributed by atoms with E-state index in [2.05, 4.69) is 27.8 Å². The van der Waals surface area contributed by atoms with Crippen LogP contribution < -0.4 is 4.90 Å². The second-order valence-corrected chi connectivity index (χ2v) is 5.29. The number of fused-ring (bicyclic) bond motifs is 1. The third kappa shape index (κ3) is 2.16. The maximum Gasteiger partial charge on any atom is 0.0583 e. The van der Waals surface area contributed by atoms with Gasteiger partial charge in [0.25, 0.3) is 0 Å². The van der Waals surface area contributed by atoms with Crippen molar-refractivity contribution in [3.63, 3.8) is 0 Å². The molecule has 0 radical (unpaired) electrons. The number of aromatic nitrogens is 1. The Hall–Kier alpha value is -1.09. The van der Waals surface area contributed by atoms with Gasteiger partial charge in [0, 0.05) is 31.9 Å². The molecule has 17 heavy (non-hydrogen) atoms. The van der Waals surface area contributed by atoms with Gasteiger partial charge in [0.2, 0.25) is 0 Å². The summed E-state index contributed by atoms with van der Waals surface area (Å²) in [4.78, 5) is 9.46. The predicted molar refractivity (Wildman–Crippen MR) is 70.4 cm³/mol. The van der Waals surface area contributed by atoms with Crippen molar-refractivity contribution in [3.05, 3.63) is 24.0 Å². The van der Waals surface area contributed by atoms with Crippen molar-refractivity contribution >= 4 is 5.69 Å². The molecule has 0 N–H and O–H groups in total. The number of pyridine rings is 1. The van der Waals surface area contributed by atoms with Gasteiger partial charge in [-0.3, -0.25) is 9.88 Å². The zero-order chi connectivity index (χ0) is 11.7. The minimum atomic E-state index is 0.775. The van der Waals surface area contributed by atoms with Crippen LogP contribution in [0.5, 0.6) is 0 Å². The number of hydrogen-bond donors (Lipinski definition) is 0. The van der Waals surface area contributed by atoms with Gasteiger partial charge in [-0.1, -0.05) is 6.42 Å². The lowest BCUT2D eigenvalue weighted by Crippen LogP contribution is -2.55. The van der Waals surface area contributed by atoms with Gasteiger partial charge in [0.05, 0.1) is 11.9 Å². The smallest absolute Gasteiger partial charge is 0.0583 e. The van der Waals surface area contributed by atoms with Crippen LogP contribution in [0.4, 0.5) is 5.69 Å². The standard InChI is InChI=1S/C14H21N3/c1-12-5-6-15-10-14(12)17-9-8-16-7-3-2-4-13(16)11-17/h5-6,10,13H,2-4,7-9,11H2,1H3. The van der Waals surface area contributed by atoms with Crippen LogP contribution in [-0.2, 0) is 0 Å². The molecule has 2 aliphatic rings. The molecule has 1 aromatic heterocycles. The summed E-state index contributed by atoms with van der Waals surface area (Å²) in [5.41, 5.74) is 2.68. The Bertz CT molecular complexity index is 391. The Morgan fingerprint density at radius 3 is 3.06 bits per heavy atom. The summed E-state index contributed by atoms with van der Waals surface area (Å²) < 4.78 is 0. The summed E-state index contributed by atoms with van der Waals surface area (Å²) >= 11 is 0. The molecule has 1 atom stereocenters. The molecule has 92 valence electrons. The molecule has 0 aromatic carbocycles. The number of anilines is 1. The highest BCUT2D eigenvalue weighted by Crippen LogP contribution is 2.26. The maximum absolute atomic E-state index is 4.27. The van der Waals surface area contributed by atoms with Crippen LogP contribution in [0.25, 0.3) is 0 Å². The van der Waals surface area contributed by atoms with Gasteiger partial charge < -0.3 is 4.90 Å². The summed E-state index contributed by atoms with van der Waals surface area (Å²) in [6.45, 7) is 7.06. The van der Waals surface area contributed by atoms with Gasteiger partial charge >= 0.3 is 0 Å².